The molecule has 1 heterocycles. The van der Waals surface area contributed by atoms with Crippen LogP contribution in [0, 0.1) is 6.92 Å². The van der Waals surface area contributed by atoms with Gasteiger partial charge in [0.15, 0.2) is 11.1 Å². The van der Waals surface area contributed by atoms with Crippen molar-refractivity contribution in [1.82, 2.24) is 25.4 Å². The third kappa shape index (κ3) is 6.00. The van der Waals surface area contributed by atoms with Crippen LogP contribution in [-0.2, 0) is 6.42 Å². The molecule has 30 heavy (non-hydrogen) atoms. The molecular formula is C23H36N6S. The Bertz CT molecular complexity index is 808. The average Bonchev–Trinajstić information content (AvgIpc) is 3.42. The highest BCUT2D eigenvalue weighted by atomic mass is 32.2. The van der Waals surface area contributed by atoms with Crippen LogP contribution in [0.1, 0.15) is 67.9 Å². The second-order valence-electron chi connectivity index (χ2n) is 8.21. The van der Waals surface area contributed by atoms with E-state index >= 15 is 0 Å². The van der Waals surface area contributed by atoms with Crippen molar-refractivity contribution in [3.05, 3.63) is 41.2 Å². The van der Waals surface area contributed by atoms with E-state index < -0.39 is 0 Å². The summed E-state index contributed by atoms with van der Waals surface area (Å²) in [5, 5.41) is 16.9. The minimum Gasteiger partial charge on any atom is -0.356 e. The maximum absolute atomic E-state index is 4.49. The number of rotatable bonds is 9. The Balaban J connectivity index is 1.44. The van der Waals surface area contributed by atoms with E-state index in [1.165, 1.54) is 36.8 Å². The number of benzene rings is 1. The first-order valence-electron chi connectivity index (χ1n) is 11.1. The van der Waals surface area contributed by atoms with E-state index in [9.17, 15) is 0 Å². The summed E-state index contributed by atoms with van der Waals surface area (Å²) in [5.74, 6) is 2.42. The highest BCUT2D eigenvalue weighted by molar-refractivity contribution is 7.98. The molecule has 1 aromatic heterocycles. The Kier molecular flexibility index (Phi) is 8.61. The zero-order valence-electron chi connectivity index (χ0n) is 18.8. The second-order valence-corrected chi connectivity index (χ2v) is 8.98. The molecule has 0 bridgehead atoms. The largest absolute Gasteiger partial charge is 0.356 e. The zero-order valence-corrected chi connectivity index (χ0v) is 19.6. The first-order valence-corrected chi connectivity index (χ1v) is 12.3. The molecule has 2 N–H and O–H groups in total. The van der Waals surface area contributed by atoms with E-state index in [1.54, 1.807) is 11.8 Å². The fraction of sp³-hybridized carbons (Fsp3) is 0.609. The third-order valence-corrected chi connectivity index (χ3v) is 6.57. The molecule has 1 atom stereocenters. The molecular weight excluding hydrogens is 392 g/mol. The summed E-state index contributed by atoms with van der Waals surface area (Å²) in [7, 11) is 1.83. The summed E-state index contributed by atoms with van der Waals surface area (Å²) >= 11 is 1.70. The van der Waals surface area contributed by atoms with Crippen LogP contribution < -0.4 is 10.6 Å². The van der Waals surface area contributed by atoms with Gasteiger partial charge in [0.25, 0.3) is 0 Å². The Labute approximate surface area is 185 Å². The number of aryl methyl sites for hydroxylation is 2. The maximum atomic E-state index is 4.49. The van der Waals surface area contributed by atoms with Crippen molar-refractivity contribution in [2.75, 3.05) is 26.4 Å². The van der Waals surface area contributed by atoms with E-state index in [0.717, 1.165) is 42.9 Å². The predicted molar refractivity (Wildman–Crippen MR) is 127 cm³/mol. The quantitative estimate of drug-likeness (QED) is 0.269. The second kappa shape index (κ2) is 11.4. The standard InChI is InChI=1S/C23H36N6S/c1-17-11-13-19(14-12-17)18(2)16-26-22(24-3)25-15-7-10-21-27-28-23(30-4)29(21)20-8-5-6-9-20/h11-14,18,20H,5-10,15-16H2,1-4H3,(H2,24,25,26). The molecule has 1 fully saturated rings. The van der Waals surface area contributed by atoms with Crippen molar-refractivity contribution in [1.29, 1.82) is 0 Å². The topological polar surface area (TPSA) is 67.1 Å². The van der Waals surface area contributed by atoms with Gasteiger partial charge >= 0.3 is 0 Å². The molecule has 7 heteroatoms. The molecule has 0 radical (unpaired) electrons. The van der Waals surface area contributed by atoms with Gasteiger partial charge in [-0.3, -0.25) is 4.99 Å². The first kappa shape index (κ1) is 22.7. The normalized spacial score (nSPS) is 16.1. The lowest BCUT2D eigenvalue weighted by molar-refractivity contribution is 0.460. The lowest BCUT2D eigenvalue weighted by Crippen LogP contribution is -2.39. The van der Waals surface area contributed by atoms with E-state index in [-0.39, 0.29) is 0 Å². The van der Waals surface area contributed by atoms with Gasteiger partial charge in [-0.2, -0.15) is 0 Å². The van der Waals surface area contributed by atoms with E-state index in [1.807, 2.05) is 7.05 Å². The number of hydrogen-bond donors (Lipinski definition) is 2. The van der Waals surface area contributed by atoms with Gasteiger partial charge in [0.2, 0.25) is 0 Å². The zero-order chi connectivity index (χ0) is 21.3. The monoisotopic (exact) mass is 428 g/mol. The van der Waals surface area contributed by atoms with Crippen LogP contribution in [0.2, 0.25) is 0 Å². The van der Waals surface area contributed by atoms with Gasteiger partial charge in [-0.05, 0) is 43.9 Å². The summed E-state index contributed by atoms with van der Waals surface area (Å²) in [6, 6.07) is 9.35. The molecule has 164 valence electrons. The summed E-state index contributed by atoms with van der Waals surface area (Å²) in [6.45, 7) is 6.08. The number of nitrogens with one attached hydrogen (secondary N) is 2. The van der Waals surface area contributed by atoms with E-state index in [2.05, 4.69) is 74.8 Å². The van der Waals surface area contributed by atoms with Crippen molar-refractivity contribution >= 4 is 17.7 Å². The third-order valence-electron chi connectivity index (χ3n) is 5.92. The van der Waals surface area contributed by atoms with Gasteiger partial charge in [-0.1, -0.05) is 61.4 Å². The van der Waals surface area contributed by atoms with Gasteiger partial charge < -0.3 is 15.2 Å². The van der Waals surface area contributed by atoms with Crippen LogP contribution in [0.4, 0.5) is 0 Å². The minimum absolute atomic E-state index is 0.430. The molecule has 6 nitrogen and oxygen atoms in total. The predicted octanol–water partition coefficient (Wildman–Crippen LogP) is 4.32. The van der Waals surface area contributed by atoms with E-state index in [4.69, 9.17) is 0 Å². The van der Waals surface area contributed by atoms with Crippen LogP contribution in [0.3, 0.4) is 0 Å². The van der Waals surface area contributed by atoms with Crippen molar-refractivity contribution in [3.8, 4) is 0 Å². The molecule has 1 saturated carbocycles. The molecule has 1 aromatic carbocycles. The van der Waals surface area contributed by atoms with Crippen LogP contribution in [0.5, 0.6) is 0 Å². The average molecular weight is 429 g/mol. The number of aromatic nitrogens is 3. The number of thioether (sulfide) groups is 1. The highest BCUT2D eigenvalue weighted by Crippen LogP contribution is 2.33. The van der Waals surface area contributed by atoms with Gasteiger partial charge in [-0.25, -0.2) is 0 Å². The van der Waals surface area contributed by atoms with Crippen molar-refractivity contribution in [3.63, 3.8) is 0 Å². The Morgan fingerprint density at radius 3 is 2.60 bits per heavy atom. The summed E-state index contributed by atoms with van der Waals surface area (Å²) in [4.78, 5) is 4.37. The first-order chi connectivity index (χ1) is 14.6. The van der Waals surface area contributed by atoms with Gasteiger partial charge in [0.1, 0.15) is 5.82 Å². The highest BCUT2D eigenvalue weighted by Gasteiger charge is 2.23. The van der Waals surface area contributed by atoms with E-state index in [0.29, 0.717) is 12.0 Å². The van der Waals surface area contributed by atoms with Crippen LogP contribution in [0.15, 0.2) is 34.4 Å². The number of aliphatic imine (C=N–C) groups is 1. The molecule has 1 aliphatic rings. The Morgan fingerprint density at radius 2 is 1.93 bits per heavy atom. The molecule has 0 amide bonds. The molecule has 0 aliphatic heterocycles. The van der Waals surface area contributed by atoms with Crippen molar-refractivity contribution in [2.24, 2.45) is 4.99 Å². The van der Waals surface area contributed by atoms with Crippen LogP contribution >= 0.6 is 11.8 Å². The summed E-state index contributed by atoms with van der Waals surface area (Å²) in [6.07, 6.45) is 9.19. The van der Waals surface area contributed by atoms with Crippen molar-refractivity contribution in [2.45, 2.75) is 69.5 Å². The molecule has 1 unspecified atom stereocenters. The van der Waals surface area contributed by atoms with Gasteiger partial charge in [0.05, 0.1) is 0 Å². The minimum atomic E-state index is 0.430. The molecule has 0 spiro atoms. The molecule has 3 rings (SSSR count). The lowest BCUT2D eigenvalue weighted by atomic mass is 10.0. The van der Waals surface area contributed by atoms with Crippen LogP contribution in [-0.4, -0.2) is 47.1 Å². The fourth-order valence-corrected chi connectivity index (χ4v) is 4.66. The SMILES string of the molecule is CN=C(NCCCc1nnc(SC)n1C1CCCC1)NCC(C)c1ccc(C)cc1. The number of nitrogens with zero attached hydrogens (tertiary/aromatic N) is 4. The summed E-state index contributed by atoms with van der Waals surface area (Å²) < 4.78 is 2.40. The number of guanidine groups is 1. The fourth-order valence-electron chi connectivity index (χ4n) is 4.08. The Hall–Kier alpha value is -2.02. The van der Waals surface area contributed by atoms with Gasteiger partial charge in [-0.15, -0.1) is 10.2 Å². The molecule has 0 saturated heterocycles. The van der Waals surface area contributed by atoms with Crippen LogP contribution in [0.25, 0.3) is 0 Å². The summed E-state index contributed by atoms with van der Waals surface area (Å²) in [5.41, 5.74) is 2.64. The van der Waals surface area contributed by atoms with Gasteiger partial charge in [0, 0.05) is 32.6 Å². The number of hydrogen-bond acceptors (Lipinski definition) is 4. The van der Waals surface area contributed by atoms with Crippen molar-refractivity contribution < 1.29 is 0 Å². The molecule has 1 aliphatic carbocycles. The Morgan fingerprint density at radius 1 is 1.20 bits per heavy atom. The molecule has 2 aromatic rings. The lowest BCUT2D eigenvalue weighted by Gasteiger charge is -2.17. The smallest absolute Gasteiger partial charge is 0.191 e. The maximum Gasteiger partial charge on any atom is 0.191 e.